The SMILES string of the molecule is CCOC(=O)[C@@]1(Cc2ccc(F)cc2F)CCCN(C(=O)c2sc(C)nc2C)C1. The number of likely N-dealkylation sites (tertiary alicyclic amines) is 1. The van der Waals surface area contributed by atoms with Crippen LogP contribution >= 0.6 is 11.3 Å². The molecule has 0 unspecified atom stereocenters. The van der Waals surface area contributed by atoms with Crippen LogP contribution in [0, 0.1) is 30.9 Å². The van der Waals surface area contributed by atoms with E-state index >= 15 is 0 Å². The average Bonchev–Trinajstić information content (AvgIpc) is 3.02. The lowest BCUT2D eigenvalue weighted by molar-refractivity contribution is -0.158. The highest BCUT2D eigenvalue weighted by Crippen LogP contribution is 2.37. The first kappa shape index (κ1) is 21.4. The highest BCUT2D eigenvalue weighted by molar-refractivity contribution is 7.13. The Hall–Kier alpha value is -2.35. The molecule has 156 valence electrons. The summed E-state index contributed by atoms with van der Waals surface area (Å²) < 4.78 is 32.9. The van der Waals surface area contributed by atoms with Gasteiger partial charge < -0.3 is 9.64 Å². The fraction of sp³-hybridized carbons (Fsp3) is 0.476. The molecule has 2 heterocycles. The van der Waals surface area contributed by atoms with Gasteiger partial charge in [0.15, 0.2) is 0 Å². The zero-order chi connectivity index (χ0) is 21.2. The summed E-state index contributed by atoms with van der Waals surface area (Å²) in [5.74, 6) is -2.02. The first-order valence-corrected chi connectivity index (χ1v) is 10.4. The maximum Gasteiger partial charge on any atom is 0.314 e. The molecule has 1 amide bonds. The number of amides is 1. The quantitative estimate of drug-likeness (QED) is 0.682. The van der Waals surface area contributed by atoms with Gasteiger partial charge in [0.2, 0.25) is 0 Å². The summed E-state index contributed by atoms with van der Waals surface area (Å²) >= 11 is 1.32. The van der Waals surface area contributed by atoms with Crippen LogP contribution in [0.5, 0.6) is 0 Å². The summed E-state index contributed by atoms with van der Waals surface area (Å²) in [6.07, 6.45) is 1.10. The zero-order valence-electron chi connectivity index (χ0n) is 16.8. The summed E-state index contributed by atoms with van der Waals surface area (Å²) in [5.41, 5.74) is -0.177. The van der Waals surface area contributed by atoms with Gasteiger partial charge in [0.05, 0.1) is 22.7 Å². The monoisotopic (exact) mass is 422 g/mol. The van der Waals surface area contributed by atoms with E-state index < -0.39 is 23.0 Å². The van der Waals surface area contributed by atoms with E-state index in [0.29, 0.717) is 30.0 Å². The second-order valence-corrected chi connectivity index (χ2v) is 8.59. The van der Waals surface area contributed by atoms with Crippen molar-refractivity contribution >= 4 is 23.2 Å². The van der Waals surface area contributed by atoms with Gasteiger partial charge in [0.1, 0.15) is 16.5 Å². The number of rotatable bonds is 5. The second kappa shape index (κ2) is 8.57. The predicted octanol–water partition coefficient (Wildman–Crippen LogP) is 4.07. The minimum Gasteiger partial charge on any atom is -0.466 e. The Morgan fingerprint density at radius 2 is 2.07 bits per heavy atom. The molecular weight excluding hydrogens is 398 g/mol. The van der Waals surface area contributed by atoms with E-state index in [1.165, 1.54) is 23.5 Å². The minimum atomic E-state index is -1.07. The van der Waals surface area contributed by atoms with Crippen molar-refractivity contribution in [3.05, 3.63) is 51.0 Å². The van der Waals surface area contributed by atoms with Crippen LogP contribution in [0.3, 0.4) is 0 Å². The van der Waals surface area contributed by atoms with Crippen molar-refractivity contribution in [1.29, 1.82) is 0 Å². The van der Waals surface area contributed by atoms with Crippen molar-refractivity contribution in [3.8, 4) is 0 Å². The van der Waals surface area contributed by atoms with Crippen LogP contribution in [0.15, 0.2) is 18.2 Å². The molecule has 1 fully saturated rings. The highest BCUT2D eigenvalue weighted by atomic mass is 32.1. The Morgan fingerprint density at radius 1 is 1.31 bits per heavy atom. The number of ether oxygens (including phenoxy) is 1. The summed E-state index contributed by atoms with van der Waals surface area (Å²) in [6, 6.07) is 3.33. The van der Waals surface area contributed by atoms with E-state index in [2.05, 4.69) is 4.98 Å². The first-order chi connectivity index (χ1) is 13.8. The largest absolute Gasteiger partial charge is 0.466 e. The number of carbonyl (C=O) groups is 2. The van der Waals surface area contributed by atoms with Crippen molar-refractivity contribution in [2.45, 2.75) is 40.0 Å². The number of nitrogens with zero attached hydrogens (tertiary/aromatic N) is 2. The smallest absolute Gasteiger partial charge is 0.314 e. The Balaban J connectivity index is 1.92. The average molecular weight is 422 g/mol. The Morgan fingerprint density at radius 3 is 2.69 bits per heavy atom. The lowest BCUT2D eigenvalue weighted by Crippen LogP contribution is -2.51. The number of carbonyl (C=O) groups excluding carboxylic acids is 2. The lowest BCUT2D eigenvalue weighted by Gasteiger charge is -2.41. The van der Waals surface area contributed by atoms with Gasteiger partial charge in [0.25, 0.3) is 5.91 Å². The lowest BCUT2D eigenvalue weighted by atomic mass is 9.75. The Labute approximate surface area is 172 Å². The molecule has 1 aliphatic rings. The second-order valence-electron chi connectivity index (χ2n) is 7.39. The molecule has 0 N–H and O–H groups in total. The molecule has 1 saturated heterocycles. The molecule has 0 aliphatic carbocycles. The van der Waals surface area contributed by atoms with E-state index in [1.807, 2.05) is 6.92 Å². The number of aromatic nitrogens is 1. The molecule has 5 nitrogen and oxygen atoms in total. The van der Waals surface area contributed by atoms with Crippen LogP contribution in [0.1, 0.15) is 45.7 Å². The molecule has 1 atom stereocenters. The molecule has 8 heteroatoms. The third-order valence-electron chi connectivity index (χ3n) is 5.21. The van der Waals surface area contributed by atoms with Crippen LogP contribution in [0.2, 0.25) is 0 Å². The Bertz CT molecular complexity index is 931. The molecule has 29 heavy (non-hydrogen) atoms. The summed E-state index contributed by atoms with van der Waals surface area (Å²) in [7, 11) is 0. The van der Waals surface area contributed by atoms with Gasteiger partial charge in [-0.25, -0.2) is 13.8 Å². The molecule has 1 aromatic heterocycles. The fourth-order valence-corrected chi connectivity index (χ4v) is 4.76. The van der Waals surface area contributed by atoms with Crippen molar-refractivity contribution in [2.75, 3.05) is 19.7 Å². The first-order valence-electron chi connectivity index (χ1n) is 9.60. The van der Waals surface area contributed by atoms with Crippen LogP contribution in [0.4, 0.5) is 8.78 Å². The Kier molecular flexibility index (Phi) is 6.31. The number of hydrogen-bond acceptors (Lipinski definition) is 5. The maximum absolute atomic E-state index is 14.3. The third-order valence-corrected chi connectivity index (χ3v) is 6.28. The molecule has 1 aromatic carbocycles. The number of hydrogen-bond donors (Lipinski definition) is 0. The molecule has 0 saturated carbocycles. The van der Waals surface area contributed by atoms with Crippen LogP contribution in [0.25, 0.3) is 0 Å². The van der Waals surface area contributed by atoms with E-state index in [4.69, 9.17) is 4.74 Å². The van der Waals surface area contributed by atoms with Crippen LogP contribution in [-0.4, -0.2) is 41.5 Å². The van der Waals surface area contributed by atoms with Gasteiger partial charge >= 0.3 is 5.97 Å². The predicted molar refractivity (Wildman–Crippen MR) is 106 cm³/mol. The number of thiazole rings is 1. The third kappa shape index (κ3) is 4.47. The summed E-state index contributed by atoms with van der Waals surface area (Å²) in [4.78, 5) is 32.5. The number of halogens is 2. The maximum atomic E-state index is 14.3. The van der Waals surface area contributed by atoms with Crippen molar-refractivity contribution in [2.24, 2.45) is 5.41 Å². The molecular formula is C21H24F2N2O3S. The highest BCUT2D eigenvalue weighted by Gasteiger charge is 2.45. The normalized spacial score (nSPS) is 19.3. The summed E-state index contributed by atoms with van der Waals surface area (Å²) in [6.45, 7) is 6.14. The van der Waals surface area contributed by atoms with E-state index in [1.54, 1.807) is 18.7 Å². The van der Waals surface area contributed by atoms with Gasteiger partial charge in [-0.2, -0.15) is 0 Å². The van der Waals surface area contributed by atoms with Gasteiger partial charge in [-0.15, -0.1) is 11.3 Å². The molecule has 3 rings (SSSR count). The van der Waals surface area contributed by atoms with Crippen LogP contribution in [-0.2, 0) is 16.0 Å². The van der Waals surface area contributed by atoms with E-state index in [-0.39, 0.29) is 31.0 Å². The number of benzene rings is 1. The van der Waals surface area contributed by atoms with Gasteiger partial charge in [-0.1, -0.05) is 6.07 Å². The minimum absolute atomic E-state index is 0.0441. The van der Waals surface area contributed by atoms with Crippen molar-refractivity contribution in [1.82, 2.24) is 9.88 Å². The van der Waals surface area contributed by atoms with E-state index in [0.717, 1.165) is 11.1 Å². The standard InChI is InChI=1S/C21H24F2N2O3S/c1-4-28-20(27)21(11-15-6-7-16(22)10-17(15)23)8-5-9-25(12-21)19(26)18-13(2)24-14(3)29-18/h6-7,10H,4-5,8-9,11-12H2,1-3H3/t21-/m1/s1. The van der Waals surface area contributed by atoms with Gasteiger partial charge in [0, 0.05) is 19.2 Å². The summed E-state index contributed by atoms with van der Waals surface area (Å²) in [5, 5.41) is 0.799. The van der Waals surface area contributed by atoms with Crippen LogP contribution < -0.4 is 0 Å². The molecule has 0 spiro atoms. The zero-order valence-corrected chi connectivity index (χ0v) is 17.6. The fourth-order valence-electron chi connectivity index (χ4n) is 3.88. The van der Waals surface area contributed by atoms with E-state index in [9.17, 15) is 18.4 Å². The number of aryl methyl sites for hydroxylation is 2. The molecule has 2 aromatic rings. The molecule has 0 bridgehead atoms. The number of esters is 1. The molecule has 1 aliphatic heterocycles. The topological polar surface area (TPSA) is 59.5 Å². The number of piperidine rings is 1. The molecule has 0 radical (unpaired) electrons. The van der Waals surface area contributed by atoms with Crippen molar-refractivity contribution in [3.63, 3.8) is 0 Å². The van der Waals surface area contributed by atoms with Gasteiger partial charge in [-0.05, 0) is 51.7 Å². The van der Waals surface area contributed by atoms with Gasteiger partial charge in [-0.3, -0.25) is 9.59 Å². The van der Waals surface area contributed by atoms with Crippen molar-refractivity contribution < 1.29 is 23.1 Å².